The van der Waals surface area contributed by atoms with Crippen LogP contribution in [0.25, 0.3) is 0 Å². The van der Waals surface area contributed by atoms with Crippen molar-refractivity contribution in [3.8, 4) is 0 Å². The largest absolute Gasteiger partial charge is 0.479 e. The van der Waals surface area contributed by atoms with Crippen molar-refractivity contribution >= 4 is 29.1 Å². The topological polar surface area (TPSA) is 83.9 Å². The molecule has 1 fully saturated rings. The van der Waals surface area contributed by atoms with E-state index in [1.807, 2.05) is 0 Å². The van der Waals surface area contributed by atoms with Gasteiger partial charge >= 0.3 is 5.97 Å². The fraction of sp³-hybridized carbons (Fsp3) is 0.300. The number of thiophene rings is 1. The average Bonchev–Trinajstić information content (AvgIpc) is 2.76. The highest BCUT2D eigenvalue weighted by atomic mass is 32.1. The van der Waals surface area contributed by atoms with E-state index >= 15 is 0 Å². The number of carboxylic acids is 1. The fourth-order valence-electron chi connectivity index (χ4n) is 1.60. The van der Waals surface area contributed by atoms with Crippen LogP contribution in [-0.4, -0.2) is 41.0 Å². The van der Waals surface area contributed by atoms with Crippen LogP contribution in [0.1, 0.15) is 10.9 Å². The fourth-order valence-corrected chi connectivity index (χ4v) is 2.40. The Hall–Kier alpha value is -1.73. The molecule has 90 valence electrons. The van der Waals surface area contributed by atoms with Crippen molar-refractivity contribution in [1.29, 1.82) is 0 Å². The molecular weight excluding hydrogens is 246 g/mol. The van der Waals surface area contributed by atoms with E-state index in [9.17, 15) is 14.4 Å². The van der Waals surface area contributed by atoms with Crippen molar-refractivity contribution in [3.63, 3.8) is 0 Å². The van der Waals surface area contributed by atoms with E-state index in [0.717, 1.165) is 4.90 Å². The Balaban J connectivity index is 2.36. The Morgan fingerprint density at radius 2 is 2.06 bits per heavy atom. The molecular formula is C10H9NO5S. The van der Waals surface area contributed by atoms with Crippen LogP contribution in [-0.2, 0) is 19.1 Å². The van der Waals surface area contributed by atoms with Gasteiger partial charge in [-0.25, -0.2) is 4.79 Å². The summed E-state index contributed by atoms with van der Waals surface area (Å²) in [4.78, 5) is 35.5. The molecule has 2 heterocycles. The van der Waals surface area contributed by atoms with Gasteiger partial charge < -0.3 is 9.84 Å². The Kier molecular flexibility index (Phi) is 3.21. The molecule has 1 atom stereocenters. The molecule has 1 aromatic rings. The van der Waals surface area contributed by atoms with Crippen molar-refractivity contribution in [2.24, 2.45) is 0 Å². The first kappa shape index (κ1) is 11.7. The highest BCUT2D eigenvalue weighted by molar-refractivity contribution is 7.10. The van der Waals surface area contributed by atoms with Crippen LogP contribution >= 0.6 is 11.3 Å². The van der Waals surface area contributed by atoms with Crippen molar-refractivity contribution < 1.29 is 24.2 Å². The quantitative estimate of drug-likeness (QED) is 0.783. The van der Waals surface area contributed by atoms with Gasteiger partial charge in [-0.05, 0) is 11.4 Å². The summed E-state index contributed by atoms with van der Waals surface area (Å²) in [6.45, 7) is -0.526. The van der Waals surface area contributed by atoms with Crippen LogP contribution in [0, 0.1) is 0 Å². The third-order valence-electron chi connectivity index (χ3n) is 2.29. The van der Waals surface area contributed by atoms with Crippen molar-refractivity contribution in [3.05, 3.63) is 22.4 Å². The number of nitrogens with zero attached hydrogens (tertiary/aromatic N) is 1. The van der Waals surface area contributed by atoms with Crippen LogP contribution in [0.2, 0.25) is 0 Å². The zero-order valence-electron chi connectivity index (χ0n) is 8.66. The monoisotopic (exact) mass is 255 g/mol. The van der Waals surface area contributed by atoms with Crippen LogP contribution < -0.4 is 0 Å². The van der Waals surface area contributed by atoms with Crippen LogP contribution in [0.15, 0.2) is 17.5 Å². The minimum atomic E-state index is -1.25. The third-order valence-corrected chi connectivity index (χ3v) is 3.22. The summed E-state index contributed by atoms with van der Waals surface area (Å²) in [5.41, 5.74) is 0. The minimum absolute atomic E-state index is 0.263. The molecule has 1 saturated heterocycles. The minimum Gasteiger partial charge on any atom is -0.479 e. The number of aliphatic carboxylic acids is 1. The van der Waals surface area contributed by atoms with E-state index in [0.29, 0.717) is 4.88 Å². The zero-order valence-corrected chi connectivity index (χ0v) is 9.48. The summed E-state index contributed by atoms with van der Waals surface area (Å²) in [7, 11) is 0. The molecule has 0 aliphatic carbocycles. The molecule has 6 nitrogen and oxygen atoms in total. The van der Waals surface area contributed by atoms with E-state index in [-0.39, 0.29) is 13.2 Å². The molecule has 2 rings (SSSR count). The van der Waals surface area contributed by atoms with Gasteiger partial charge in [0.1, 0.15) is 13.2 Å². The first-order valence-electron chi connectivity index (χ1n) is 4.80. The van der Waals surface area contributed by atoms with Gasteiger partial charge in [0.2, 0.25) is 0 Å². The molecule has 0 radical (unpaired) electrons. The van der Waals surface area contributed by atoms with E-state index in [4.69, 9.17) is 9.84 Å². The van der Waals surface area contributed by atoms with Gasteiger partial charge in [0.15, 0.2) is 6.04 Å². The van der Waals surface area contributed by atoms with E-state index in [1.165, 1.54) is 11.3 Å². The number of carboxylic acid groups (broad SMARTS) is 1. The maximum absolute atomic E-state index is 11.6. The molecule has 0 aromatic carbocycles. The summed E-state index contributed by atoms with van der Waals surface area (Å²) in [6, 6.07) is 2.00. The summed E-state index contributed by atoms with van der Waals surface area (Å²) in [6.07, 6.45) is 0. The molecule has 1 N–H and O–H groups in total. The standard InChI is InChI=1S/C10H9NO5S/c12-7-4-16-5-8(13)11(7)9(10(14)15)6-2-1-3-17-6/h1-3,9H,4-5H2,(H,14,15). The number of carbonyl (C=O) groups is 3. The number of hydrogen-bond acceptors (Lipinski definition) is 5. The number of amides is 2. The van der Waals surface area contributed by atoms with Gasteiger partial charge in [-0.3, -0.25) is 14.5 Å². The predicted molar refractivity (Wildman–Crippen MR) is 57.4 cm³/mol. The number of morpholine rings is 1. The number of imide groups is 1. The molecule has 1 aliphatic heterocycles. The third kappa shape index (κ3) is 2.20. The van der Waals surface area contributed by atoms with Gasteiger partial charge in [0, 0.05) is 4.88 Å². The second-order valence-corrected chi connectivity index (χ2v) is 4.39. The summed E-state index contributed by atoms with van der Waals surface area (Å²) in [5, 5.41) is 10.8. The lowest BCUT2D eigenvalue weighted by Gasteiger charge is -2.29. The van der Waals surface area contributed by atoms with Crippen molar-refractivity contribution in [2.75, 3.05) is 13.2 Å². The number of rotatable bonds is 3. The van der Waals surface area contributed by atoms with Gasteiger partial charge in [-0.1, -0.05) is 6.07 Å². The highest BCUT2D eigenvalue weighted by Crippen LogP contribution is 2.27. The van der Waals surface area contributed by atoms with Crippen LogP contribution in [0.3, 0.4) is 0 Å². The summed E-state index contributed by atoms with van der Waals surface area (Å²) < 4.78 is 4.74. The lowest BCUT2D eigenvalue weighted by Crippen LogP contribution is -2.49. The maximum atomic E-state index is 11.6. The smallest absolute Gasteiger partial charge is 0.332 e. The van der Waals surface area contributed by atoms with Crippen molar-refractivity contribution in [1.82, 2.24) is 4.90 Å². The zero-order chi connectivity index (χ0) is 12.4. The van der Waals surface area contributed by atoms with E-state index in [2.05, 4.69) is 0 Å². The number of hydrogen-bond donors (Lipinski definition) is 1. The molecule has 1 aromatic heterocycles. The Morgan fingerprint density at radius 3 is 2.53 bits per heavy atom. The Morgan fingerprint density at radius 1 is 1.41 bits per heavy atom. The SMILES string of the molecule is O=C(O)C(c1cccs1)N1C(=O)COCC1=O. The van der Waals surface area contributed by atoms with Gasteiger partial charge in [0.05, 0.1) is 0 Å². The highest BCUT2D eigenvalue weighted by Gasteiger charge is 2.38. The van der Waals surface area contributed by atoms with Gasteiger partial charge in [-0.2, -0.15) is 0 Å². The first-order chi connectivity index (χ1) is 8.11. The molecule has 1 aliphatic rings. The van der Waals surface area contributed by atoms with Crippen LogP contribution in [0.4, 0.5) is 0 Å². The molecule has 7 heteroatoms. The van der Waals surface area contributed by atoms with Gasteiger partial charge in [-0.15, -0.1) is 11.3 Å². The van der Waals surface area contributed by atoms with E-state index in [1.54, 1.807) is 17.5 Å². The Bertz CT molecular complexity index is 439. The summed E-state index contributed by atoms with van der Waals surface area (Å²) >= 11 is 1.19. The molecule has 0 saturated carbocycles. The molecule has 0 bridgehead atoms. The normalized spacial score (nSPS) is 18.2. The Labute approximate surface area is 100 Å². The molecule has 2 amide bonds. The summed E-state index contributed by atoms with van der Waals surface area (Å²) in [5.74, 6) is -2.47. The first-order valence-corrected chi connectivity index (χ1v) is 5.68. The van der Waals surface area contributed by atoms with Crippen molar-refractivity contribution in [2.45, 2.75) is 6.04 Å². The molecule has 0 spiro atoms. The lowest BCUT2D eigenvalue weighted by atomic mass is 10.2. The second kappa shape index (κ2) is 4.64. The van der Waals surface area contributed by atoms with Gasteiger partial charge in [0.25, 0.3) is 11.8 Å². The number of carbonyl (C=O) groups excluding carboxylic acids is 2. The lowest BCUT2D eigenvalue weighted by molar-refractivity contribution is -0.168. The number of ether oxygens (including phenoxy) is 1. The molecule has 1 unspecified atom stereocenters. The van der Waals surface area contributed by atoms with E-state index < -0.39 is 23.8 Å². The average molecular weight is 255 g/mol. The predicted octanol–water partition coefficient (Wildman–Crippen LogP) is 0.259. The van der Waals surface area contributed by atoms with Crippen LogP contribution in [0.5, 0.6) is 0 Å². The molecule has 17 heavy (non-hydrogen) atoms. The maximum Gasteiger partial charge on any atom is 0.332 e. The second-order valence-electron chi connectivity index (χ2n) is 3.41.